The Morgan fingerprint density at radius 2 is 1.42 bits per heavy atom. The van der Waals surface area contributed by atoms with Gasteiger partial charge in [-0.3, -0.25) is 4.79 Å². The molecule has 0 saturated heterocycles. The van der Waals surface area contributed by atoms with E-state index < -0.39 is 0 Å². The van der Waals surface area contributed by atoms with Crippen LogP contribution in [0.3, 0.4) is 0 Å². The quantitative estimate of drug-likeness (QED) is 0.212. The average molecular weight is 463 g/mol. The Bertz CT molecular complexity index is 1230. The van der Waals surface area contributed by atoms with Crippen molar-refractivity contribution in [1.82, 2.24) is 4.72 Å². The first-order valence-corrected chi connectivity index (χ1v) is 11.2. The van der Waals surface area contributed by atoms with Gasteiger partial charge < -0.3 is 0 Å². The summed E-state index contributed by atoms with van der Waals surface area (Å²) < 4.78 is 4.77. The zero-order valence-electron chi connectivity index (χ0n) is 16.7. The predicted molar refractivity (Wildman–Crippen MR) is 131 cm³/mol. The standard InChI is InChI=1S/C26H18Cl2NOS/c1-17(30)22-14-20(18-8-4-2-5-9-18)15-23(19-10-6-3-7-11-19)26(22)29-31-25-13-12-21(27)16-24(25)28/h2-16H,1H3. The van der Waals surface area contributed by atoms with Crippen LogP contribution >= 0.6 is 35.1 Å². The molecular weight excluding hydrogens is 445 g/mol. The van der Waals surface area contributed by atoms with Crippen molar-refractivity contribution < 1.29 is 4.79 Å². The second-order valence-electron chi connectivity index (χ2n) is 6.97. The molecule has 4 aromatic rings. The van der Waals surface area contributed by atoms with Gasteiger partial charge in [-0.25, -0.2) is 4.72 Å². The number of nitrogens with zero attached hydrogens (tertiary/aromatic N) is 1. The summed E-state index contributed by atoms with van der Waals surface area (Å²) in [7, 11) is 0. The molecule has 0 saturated carbocycles. The van der Waals surface area contributed by atoms with E-state index in [0.717, 1.165) is 27.1 Å². The molecule has 0 fully saturated rings. The molecule has 153 valence electrons. The van der Waals surface area contributed by atoms with E-state index in [0.29, 0.717) is 21.3 Å². The maximum absolute atomic E-state index is 12.6. The van der Waals surface area contributed by atoms with E-state index >= 15 is 0 Å². The van der Waals surface area contributed by atoms with Crippen LogP contribution in [-0.4, -0.2) is 5.78 Å². The molecule has 5 heteroatoms. The van der Waals surface area contributed by atoms with Crippen LogP contribution in [0.1, 0.15) is 17.3 Å². The number of ketones is 1. The van der Waals surface area contributed by atoms with Crippen LogP contribution in [0.4, 0.5) is 5.69 Å². The maximum Gasteiger partial charge on any atom is 0.162 e. The van der Waals surface area contributed by atoms with Crippen LogP contribution in [0.5, 0.6) is 0 Å². The molecule has 0 N–H and O–H groups in total. The summed E-state index contributed by atoms with van der Waals surface area (Å²) in [5.74, 6) is -0.0449. The molecule has 0 amide bonds. The molecule has 0 aliphatic carbocycles. The highest BCUT2D eigenvalue weighted by Gasteiger charge is 2.18. The van der Waals surface area contributed by atoms with Crippen LogP contribution in [0.15, 0.2) is 95.9 Å². The first-order valence-electron chi connectivity index (χ1n) is 9.66. The van der Waals surface area contributed by atoms with Crippen molar-refractivity contribution >= 4 is 46.6 Å². The highest BCUT2D eigenvalue weighted by Crippen LogP contribution is 2.40. The molecule has 0 aromatic heterocycles. The first kappa shape index (κ1) is 21.5. The van der Waals surface area contributed by atoms with E-state index in [1.165, 1.54) is 11.9 Å². The third-order valence-corrected chi connectivity index (χ3v) is 6.30. The molecule has 0 aliphatic heterocycles. The summed E-state index contributed by atoms with van der Waals surface area (Å²) in [6.07, 6.45) is 0. The summed E-state index contributed by atoms with van der Waals surface area (Å²) in [6.45, 7) is 1.57. The second-order valence-corrected chi connectivity index (χ2v) is 8.61. The van der Waals surface area contributed by atoms with Crippen molar-refractivity contribution in [3.63, 3.8) is 0 Å². The lowest BCUT2D eigenvalue weighted by atomic mass is 9.93. The van der Waals surface area contributed by atoms with Gasteiger partial charge in [0.2, 0.25) is 0 Å². The SMILES string of the molecule is CC(=O)c1cc(-c2ccccc2)cc(-c2ccccc2)c1[N]Sc1ccc(Cl)cc1Cl. The fourth-order valence-electron chi connectivity index (χ4n) is 3.28. The van der Waals surface area contributed by atoms with Gasteiger partial charge in [0.1, 0.15) is 0 Å². The zero-order valence-corrected chi connectivity index (χ0v) is 19.0. The number of carbonyl (C=O) groups excluding carboxylic acids is 1. The molecular formula is C26H18Cl2NOS. The van der Waals surface area contributed by atoms with Crippen molar-refractivity contribution in [2.45, 2.75) is 11.8 Å². The number of carbonyl (C=O) groups is 1. The number of benzene rings is 4. The van der Waals surface area contributed by atoms with Crippen molar-refractivity contribution in [1.29, 1.82) is 0 Å². The molecule has 0 heterocycles. The summed E-state index contributed by atoms with van der Waals surface area (Å²) in [6, 6.07) is 29.3. The summed E-state index contributed by atoms with van der Waals surface area (Å²) in [5, 5.41) is 1.09. The Morgan fingerprint density at radius 1 is 0.774 bits per heavy atom. The monoisotopic (exact) mass is 462 g/mol. The van der Waals surface area contributed by atoms with Gasteiger partial charge in [0.15, 0.2) is 5.78 Å². The number of hydrogen-bond donors (Lipinski definition) is 0. The molecule has 1 radical (unpaired) electrons. The lowest BCUT2D eigenvalue weighted by Gasteiger charge is -2.16. The minimum Gasteiger partial charge on any atom is -0.294 e. The first-order chi connectivity index (χ1) is 15.0. The lowest BCUT2D eigenvalue weighted by Crippen LogP contribution is -2.02. The summed E-state index contributed by atoms with van der Waals surface area (Å²) >= 11 is 13.6. The van der Waals surface area contributed by atoms with Crippen molar-refractivity contribution in [3.8, 4) is 22.3 Å². The maximum atomic E-state index is 12.6. The fraction of sp³-hybridized carbons (Fsp3) is 0.0385. The van der Waals surface area contributed by atoms with Crippen LogP contribution in [0, 0.1) is 0 Å². The van der Waals surface area contributed by atoms with E-state index in [4.69, 9.17) is 27.9 Å². The topological polar surface area (TPSA) is 31.2 Å². The van der Waals surface area contributed by atoms with Crippen molar-refractivity contribution in [2.75, 3.05) is 0 Å². The largest absolute Gasteiger partial charge is 0.294 e. The molecule has 4 aromatic carbocycles. The Kier molecular flexibility index (Phi) is 6.67. The third kappa shape index (κ3) is 4.96. The van der Waals surface area contributed by atoms with Gasteiger partial charge >= 0.3 is 0 Å². The van der Waals surface area contributed by atoms with Gasteiger partial charge in [0, 0.05) is 33.0 Å². The number of halogens is 2. The lowest BCUT2D eigenvalue weighted by molar-refractivity contribution is 0.101. The van der Waals surface area contributed by atoms with Crippen LogP contribution < -0.4 is 4.72 Å². The molecule has 31 heavy (non-hydrogen) atoms. The molecule has 0 spiro atoms. The van der Waals surface area contributed by atoms with Crippen molar-refractivity contribution in [3.05, 3.63) is 107 Å². The summed E-state index contributed by atoms with van der Waals surface area (Å²) in [4.78, 5) is 13.4. The minimum absolute atomic E-state index is 0.0449. The second kappa shape index (κ2) is 9.61. The molecule has 2 nitrogen and oxygen atoms in total. The predicted octanol–water partition coefficient (Wildman–Crippen LogP) is 8.47. The minimum atomic E-state index is -0.0449. The van der Waals surface area contributed by atoms with Crippen LogP contribution in [0.25, 0.3) is 22.3 Å². The Morgan fingerprint density at radius 3 is 2.03 bits per heavy atom. The van der Waals surface area contributed by atoms with E-state index in [1.54, 1.807) is 19.1 Å². The molecule has 4 rings (SSSR count). The number of Topliss-reactive ketones (excluding diaryl/α,β-unsaturated/α-hetero) is 1. The van der Waals surface area contributed by atoms with Crippen molar-refractivity contribution in [2.24, 2.45) is 0 Å². The Labute approximate surface area is 196 Å². The number of hydrogen-bond acceptors (Lipinski definition) is 2. The molecule has 0 atom stereocenters. The van der Waals surface area contributed by atoms with Crippen LogP contribution in [0.2, 0.25) is 10.0 Å². The van der Waals surface area contributed by atoms with Gasteiger partial charge in [-0.15, -0.1) is 0 Å². The summed E-state index contributed by atoms with van der Waals surface area (Å²) in [5.41, 5.74) is 5.10. The van der Waals surface area contributed by atoms with E-state index in [2.05, 4.69) is 6.07 Å². The Balaban J connectivity index is 1.84. The highest BCUT2D eigenvalue weighted by molar-refractivity contribution is 7.97. The van der Waals surface area contributed by atoms with Gasteiger partial charge in [0.25, 0.3) is 0 Å². The van der Waals surface area contributed by atoms with Gasteiger partial charge in [0.05, 0.1) is 10.7 Å². The average Bonchev–Trinajstić information content (AvgIpc) is 2.79. The van der Waals surface area contributed by atoms with E-state index in [1.807, 2.05) is 72.8 Å². The van der Waals surface area contributed by atoms with Gasteiger partial charge in [-0.05, 0) is 53.9 Å². The third-order valence-electron chi connectivity index (χ3n) is 4.81. The normalized spacial score (nSPS) is 10.7. The molecule has 0 aliphatic rings. The van der Waals surface area contributed by atoms with Gasteiger partial charge in [-0.2, -0.15) is 0 Å². The Hall–Kier alpha value is -2.72. The zero-order chi connectivity index (χ0) is 21.8. The molecule has 0 unspecified atom stereocenters. The number of rotatable bonds is 6. The molecule has 0 bridgehead atoms. The van der Waals surface area contributed by atoms with Gasteiger partial charge in [-0.1, -0.05) is 83.9 Å². The smallest absolute Gasteiger partial charge is 0.162 e. The van der Waals surface area contributed by atoms with E-state index in [9.17, 15) is 4.79 Å². The van der Waals surface area contributed by atoms with Crippen LogP contribution in [-0.2, 0) is 0 Å². The fourth-order valence-corrected chi connectivity index (χ4v) is 4.45. The van der Waals surface area contributed by atoms with E-state index in [-0.39, 0.29) is 5.78 Å². The highest BCUT2D eigenvalue weighted by atomic mass is 35.5.